The van der Waals surface area contributed by atoms with Crippen LogP contribution in [0, 0.1) is 23.7 Å². The summed E-state index contributed by atoms with van der Waals surface area (Å²) in [5.74, 6) is 9.26. The first kappa shape index (κ1) is 26.8. The lowest BCUT2D eigenvalue weighted by atomic mass is 9.69. The molecule has 6 N–H and O–H groups in total. The number of aromatic hydroxyl groups is 1. The Morgan fingerprint density at radius 3 is 2.49 bits per heavy atom. The average molecular weight is 554 g/mol. The third-order valence-electron chi connectivity index (χ3n) is 7.91. The zero-order valence-electron chi connectivity index (χ0n) is 22.5. The first-order chi connectivity index (χ1) is 19.5. The molecule has 2 aromatic carbocycles. The van der Waals surface area contributed by atoms with Crippen molar-refractivity contribution in [3.63, 3.8) is 0 Å². The second-order valence-corrected chi connectivity index (χ2v) is 10.8. The summed E-state index contributed by atoms with van der Waals surface area (Å²) in [6, 6.07) is 4.86. The molecule has 5 atom stereocenters. The van der Waals surface area contributed by atoms with Crippen molar-refractivity contribution in [2.45, 2.75) is 56.3 Å². The van der Waals surface area contributed by atoms with Gasteiger partial charge in [-0.2, -0.15) is 0 Å². The molecular formula is C31H27N3O7. The van der Waals surface area contributed by atoms with E-state index in [0.29, 0.717) is 5.69 Å². The minimum Gasteiger partial charge on any atom is -0.507 e. The van der Waals surface area contributed by atoms with Gasteiger partial charge in [-0.1, -0.05) is 37.5 Å². The van der Waals surface area contributed by atoms with E-state index in [1.54, 1.807) is 0 Å². The average Bonchev–Trinajstić information content (AvgIpc) is 3.66. The van der Waals surface area contributed by atoms with E-state index in [9.17, 15) is 29.7 Å². The summed E-state index contributed by atoms with van der Waals surface area (Å²) in [7, 11) is 0. The summed E-state index contributed by atoms with van der Waals surface area (Å²) in [5, 5.41) is 42.2. The standard InChI is InChI=1S/C31H27N3O7/c1-15(2)32-14-24(38)33-17-10-11-18-19(12-17)29(40)25-21(36)13-20-27(26(25)28(18)39)34-22-8-6-4-5-7-9-23(37)31(20)30(22,41-31)16(3)35/h4-5,10-13,15-16,22-23,32,34-37H,14H2,1-3H3,(H,33,38)/b5-4-/t16-,22+,23-,30+,31+/m1/s1. The van der Waals surface area contributed by atoms with Crippen molar-refractivity contribution in [2.24, 2.45) is 0 Å². The van der Waals surface area contributed by atoms with Gasteiger partial charge >= 0.3 is 0 Å². The molecule has 2 heterocycles. The molecule has 0 aromatic heterocycles. The fourth-order valence-corrected chi connectivity index (χ4v) is 6.02. The quantitative estimate of drug-likeness (QED) is 0.155. The predicted molar refractivity (Wildman–Crippen MR) is 148 cm³/mol. The summed E-state index contributed by atoms with van der Waals surface area (Å²) in [6.45, 7) is 5.38. The van der Waals surface area contributed by atoms with E-state index in [1.807, 2.05) is 13.8 Å². The highest BCUT2D eigenvalue weighted by Crippen LogP contribution is 2.67. The highest BCUT2D eigenvalue weighted by molar-refractivity contribution is 6.31. The van der Waals surface area contributed by atoms with E-state index in [-0.39, 0.29) is 52.0 Å². The number of nitrogens with one attached hydrogen (secondary N) is 3. The first-order valence-corrected chi connectivity index (χ1v) is 13.2. The minimum atomic E-state index is -1.63. The summed E-state index contributed by atoms with van der Waals surface area (Å²) in [4.78, 5) is 40.1. The lowest BCUT2D eigenvalue weighted by Gasteiger charge is -2.37. The van der Waals surface area contributed by atoms with Crippen LogP contribution in [0.15, 0.2) is 36.4 Å². The number of ketones is 2. The van der Waals surface area contributed by atoms with Crippen molar-refractivity contribution in [2.75, 3.05) is 17.2 Å². The molecule has 10 nitrogen and oxygen atoms in total. The number of fused-ring (bicyclic) bond motifs is 4. The number of aliphatic hydroxyl groups is 2. The number of phenolic OH excluding ortho intramolecular Hbond substituents is 1. The number of carbonyl (C=O) groups is 3. The number of hydrogen-bond donors (Lipinski definition) is 6. The Balaban J connectivity index is 1.48. The summed E-state index contributed by atoms with van der Waals surface area (Å²) in [6.07, 6.45) is 0.375. The molecule has 10 heteroatoms. The number of aliphatic hydroxyl groups excluding tert-OH is 2. The summed E-state index contributed by atoms with van der Waals surface area (Å²) < 4.78 is 6.17. The summed E-state index contributed by atoms with van der Waals surface area (Å²) in [5.41, 5.74) is -2.60. The van der Waals surface area contributed by atoms with Gasteiger partial charge in [0.05, 0.1) is 29.5 Å². The van der Waals surface area contributed by atoms with Crippen LogP contribution in [-0.4, -0.2) is 69.2 Å². The number of phenols is 1. The molecule has 2 aromatic rings. The van der Waals surface area contributed by atoms with Gasteiger partial charge in [-0.25, -0.2) is 0 Å². The van der Waals surface area contributed by atoms with Gasteiger partial charge in [0.2, 0.25) is 5.91 Å². The number of ether oxygens (including phenoxy) is 1. The molecule has 0 saturated carbocycles. The Hall–Kier alpha value is -4.45. The van der Waals surface area contributed by atoms with Crippen molar-refractivity contribution in [3.05, 3.63) is 64.2 Å². The third-order valence-corrected chi connectivity index (χ3v) is 7.91. The number of hydrogen-bond acceptors (Lipinski definition) is 9. The Bertz CT molecular complexity index is 1700. The maximum atomic E-state index is 14.0. The second-order valence-electron chi connectivity index (χ2n) is 10.8. The maximum absolute atomic E-state index is 14.0. The molecule has 2 aliphatic heterocycles. The smallest absolute Gasteiger partial charge is 0.238 e. The van der Waals surface area contributed by atoms with Crippen LogP contribution in [0.1, 0.15) is 58.2 Å². The second kappa shape index (κ2) is 9.30. The fourth-order valence-electron chi connectivity index (χ4n) is 6.02. The van der Waals surface area contributed by atoms with Crippen molar-refractivity contribution >= 4 is 28.8 Å². The van der Waals surface area contributed by atoms with E-state index in [1.165, 1.54) is 43.3 Å². The zero-order chi connectivity index (χ0) is 29.3. The van der Waals surface area contributed by atoms with E-state index in [4.69, 9.17) is 4.74 Å². The molecule has 4 aliphatic rings. The number of allylic oxidation sites excluding steroid dienone is 2. The number of benzene rings is 2. The summed E-state index contributed by atoms with van der Waals surface area (Å²) >= 11 is 0. The van der Waals surface area contributed by atoms with E-state index in [2.05, 4.69) is 39.6 Å². The highest BCUT2D eigenvalue weighted by Gasteiger charge is 2.82. The van der Waals surface area contributed by atoms with E-state index in [0.717, 1.165) is 0 Å². The topological polar surface area (TPSA) is 161 Å². The van der Waals surface area contributed by atoms with Gasteiger partial charge in [-0.05, 0) is 43.3 Å². The van der Waals surface area contributed by atoms with Crippen LogP contribution in [0.5, 0.6) is 5.75 Å². The van der Waals surface area contributed by atoms with Crippen molar-refractivity contribution in [1.29, 1.82) is 0 Å². The Kier molecular flexibility index (Phi) is 6.07. The number of amides is 1. The lowest BCUT2D eigenvalue weighted by molar-refractivity contribution is -0.115. The molecule has 0 spiro atoms. The molecule has 2 aliphatic carbocycles. The largest absolute Gasteiger partial charge is 0.507 e. The Morgan fingerprint density at radius 1 is 1.07 bits per heavy atom. The van der Waals surface area contributed by atoms with Crippen LogP contribution in [0.3, 0.4) is 0 Å². The van der Waals surface area contributed by atoms with Gasteiger partial charge in [0.1, 0.15) is 11.8 Å². The van der Waals surface area contributed by atoms with Crippen LogP contribution in [0.2, 0.25) is 0 Å². The third kappa shape index (κ3) is 3.73. The normalized spacial score (nSPS) is 27.8. The first-order valence-electron chi connectivity index (χ1n) is 13.2. The Labute approximate surface area is 235 Å². The molecule has 2 bridgehead atoms. The van der Waals surface area contributed by atoms with Gasteiger partial charge in [0.25, 0.3) is 0 Å². The number of carbonyl (C=O) groups excluding carboxylic acids is 3. The van der Waals surface area contributed by atoms with Gasteiger partial charge in [-0.15, -0.1) is 0 Å². The van der Waals surface area contributed by atoms with Gasteiger partial charge < -0.3 is 36.0 Å². The molecule has 0 radical (unpaired) electrons. The monoisotopic (exact) mass is 553 g/mol. The van der Waals surface area contributed by atoms with Gasteiger partial charge in [0, 0.05) is 28.4 Å². The van der Waals surface area contributed by atoms with Crippen molar-refractivity contribution in [1.82, 2.24) is 5.32 Å². The molecule has 6 rings (SSSR count). The maximum Gasteiger partial charge on any atom is 0.238 e. The predicted octanol–water partition coefficient (Wildman–Crippen LogP) is 1.18. The zero-order valence-corrected chi connectivity index (χ0v) is 22.5. The van der Waals surface area contributed by atoms with Crippen LogP contribution in [-0.2, 0) is 15.1 Å². The van der Waals surface area contributed by atoms with Crippen LogP contribution >= 0.6 is 0 Å². The minimum absolute atomic E-state index is 0.0284. The van der Waals surface area contributed by atoms with E-state index < -0.39 is 46.8 Å². The molecule has 1 saturated heterocycles. The highest BCUT2D eigenvalue weighted by atomic mass is 16.7. The molecule has 41 heavy (non-hydrogen) atoms. The van der Waals surface area contributed by atoms with Crippen LogP contribution in [0.4, 0.5) is 11.4 Å². The molecule has 208 valence electrons. The Morgan fingerprint density at radius 2 is 1.78 bits per heavy atom. The SMILES string of the molecule is CC(C)NCC(=O)Nc1ccc2c(c1)C(=O)c1c(O)cc3c(c1C2=O)N[C@H]1C#C/C=C\C#C[C@@H](O)[C@@]32O[C@@]12[C@@H](C)O. The number of rotatable bonds is 5. The molecule has 1 amide bonds. The van der Waals surface area contributed by atoms with Crippen LogP contribution < -0.4 is 16.0 Å². The molecule has 0 unspecified atom stereocenters. The lowest BCUT2D eigenvalue weighted by Crippen LogP contribution is -2.54. The molecular weight excluding hydrogens is 526 g/mol. The van der Waals surface area contributed by atoms with Gasteiger partial charge in [0.15, 0.2) is 28.9 Å². The van der Waals surface area contributed by atoms with Crippen molar-refractivity contribution < 1.29 is 34.4 Å². The molecule has 1 fully saturated rings. The van der Waals surface area contributed by atoms with Gasteiger partial charge in [-0.3, -0.25) is 14.4 Å². The van der Waals surface area contributed by atoms with Crippen molar-refractivity contribution in [3.8, 4) is 29.4 Å². The van der Waals surface area contributed by atoms with Crippen LogP contribution in [0.25, 0.3) is 0 Å². The number of anilines is 2. The van der Waals surface area contributed by atoms with E-state index >= 15 is 0 Å². The number of epoxide rings is 1. The fraction of sp³-hybridized carbons (Fsp3) is 0.323.